The SMILES string of the molecule is CCc1cc(C#N)ccc1Oc1ncc(C(CC)C(N)=O)cn1. The Labute approximate surface area is 134 Å². The molecule has 1 heterocycles. The zero-order valence-corrected chi connectivity index (χ0v) is 13.1. The first-order chi connectivity index (χ1) is 11.1. The number of aromatic nitrogens is 2. The van der Waals surface area contributed by atoms with Gasteiger partial charge in [-0.2, -0.15) is 5.26 Å². The maximum absolute atomic E-state index is 11.4. The van der Waals surface area contributed by atoms with Crippen molar-refractivity contribution in [1.29, 1.82) is 5.26 Å². The highest BCUT2D eigenvalue weighted by atomic mass is 16.5. The fourth-order valence-corrected chi connectivity index (χ4v) is 2.28. The van der Waals surface area contributed by atoms with Crippen LogP contribution in [0.1, 0.15) is 42.9 Å². The molecule has 1 amide bonds. The Balaban J connectivity index is 2.22. The number of carbonyl (C=O) groups is 1. The summed E-state index contributed by atoms with van der Waals surface area (Å²) in [7, 11) is 0. The summed E-state index contributed by atoms with van der Waals surface area (Å²) in [4.78, 5) is 19.6. The summed E-state index contributed by atoms with van der Waals surface area (Å²) in [5, 5.41) is 8.94. The number of rotatable bonds is 6. The van der Waals surface area contributed by atoms with Crippen LogP contribution in [-0.4, -0.2) is 15.9 Å². The molecule has 0 aliphatic rings. The van der Waals surface area contributed by atoms with Crippen molar-refractivity contribution < 1.29 is 9.53 Å². The van der Waals surface area contributed by atoms with Crippen molar-refractivity contribution in [3.63, 3.8) is 0 Å². The topological polar surface area (TPSA) is 102 Å². The third-order valence-electron chi connectivity index (χ3n) is 3.57. The molecule has 0 aliphatic carbocycles. The number of hydrogen-bond donors (Lipinski definition) is 1. The van der Waals surface area contributed by atoms with E-state index in [-0.39, 0.29) is 6.01 Å². The van der Waals surface area contributed by atoms with Gasteiger partial charge in [-0.05, 0) is 36.6 Å². The van der Waals surface area contributed by atoms with Gasteiger partial charge >= 0.3 is 6.01 Å². The van der Waals surface area contributed by atoms with Gasteiger partial charge in [0.2, 0.25) is 5.91 Å². The van der Waals surface area contributed by atoms with E-state index >= 15 is 0 Å². The van der Waals surface area contributed by atoms with Gasteiger partial charge in [0.1, 0.15) is 5.75 Å². The van der Waals surface area contributed by atoms with Crippen molar-refractivity contribution in [2.75, 3.05) is 0 Å². The van der Waals surface area contributed by atoms with E-state index in [2.05, 4.69) is 16.0 Å². The summed E-state index contributed by atoms with van der Waals surface area (Å²) in [5.74, 6) is -0.184. The Morgan fingerprint density at radius 3 is 2.57 bits per heavy atom. The first-order valence-electron chi connectivity index (χ1n) is 7.41. The van der Waals surface area contributed by atoms with E-state index in [1.54, 1.807) is 30.6 Å². The minimum atomic E-state index is -0.398. The minimum absolute atomic E-state index is 0.187. The number of nitrogens with zero attached hydrogens (tertiary/aromatic N) is 3. The molecule has 1 unspecified atom stereocenters. The third-order valence-corrected chi connectivity index (χ3v) is 3.57. The van der Waals surface area contributed by atoms with Crippen molar-refractivity contribution in [3.05, 3.63) is 47.3 Å². The van der Waals surface area contributed by atoms with Gasteiger partial charge in [-0.3, -0.25) is 4.79 Å². The lowest BCUT2D eigenvalue weighted by molar-refractivity contribution is -0.119. The monoisotopic (exact) mass is 310 g/mol. The number of benzene rings is 1. The lowest BCUT2D eigenvalue weighted by Gasteiger charge is -2.12. The van der Waals surface area contributed by atoms with E-state index < -0.39 is 11.8 Å². The van der Waals surface area contributed by atoms with E-state index in [1.165, 1.54) is 0 Å². The van der Waals surface area contributed by atoms with Gasteiger partial charge in [-0.15, -0.1) is 0 Å². The number of aryl methyl sites for hydroxylation is 1. The normalized spacial score (nSPS) is 11.5. The fraction of sp³-hybridized carbons (Fsp3) is 0.294. The van der Waals surface area contributed by atoms with Crippen molar-refractivity contribution in [1.82, 2.24) is 9.97 Å². The Morgan fingerprint density at radius 1 is 1.35 bits per heavy atom. The van der Waals surface area contributed by atoms with Gasteiger partial charge in [0.15, 0.2) is 0 Å². The van der Waals surface area contributed by atoms with Crippen LogP contribution in [0.25, 0.3) is 0 Å². The van der Waals surface area contributed by atoms with Crippen LogP contribution >= 0.6 is 0 Å². The Kier molecular flexibility index (Phi) is 5.26. The summed E-state index contributed by atoms with van der Waals surface area (Å²) >= 11 is 0. The molecule has 118 valence electrons. The molecule has 1 aromatic heterocycles. The molecule has 0 fully saturated rings. The van der Waals surface area contributed by atoms with Crippen molar-refractivity contribution in [2.24, 2.45) is 5.73 Å². The van der Waals surface area contributed by atoms with Crippen molar-refractivity contribution >= 4 is 5.91 Å². The smallest absolute Gasteiger partial charge is 0.321 e. The van der Waals surface area contributed by atoms with Crippen LogP contribution in [0, 0.1) is 11.3 Å². The standard InChI is InChI=1S/C17H18N4O2/c1-3-12-7-11(8-18)5-6-15(12)23-17-20-9-13(10-21-17)14(4-2)16(19)22/h5-7,9-10,14H,3-4H2,1-2H3,(H2,19,22). The molecule has 0 spiro atoms. The highest BCUT2D eigenvalue weighted by Gasteiger charge is 2.16. The summed E-state index contributed by atoms with van der Waals surface area (Å²) in [5.41, 5.74) is 7.51. The van der Waals surface area contributed by atoms with Gasteiger partial charge in [0.25, 0.3) is 0 Å². The molecule has 6 heteroatoms. The van der Waals surface area contributed by atoms with E-state index in [9.17, 15) is 4.79 Å². The van der Waals surface area contributed by atoms with E-state index in [4.69, 9.17) is 15.7 Å². The van der Waals surface area contributed by atoms with Crippen molar-refractivity contribution in [2.45, 2.75) is 32.6 Å². The highest BCUT2D eigenvalue weighted by Crippen LogP contribution is 2.25. The molecule has 0 saturated heterocycles. The van der Waals surface area contributed by atoms with E-state index in [0.717, 1.165) is 12.0 Å². The molecule has 0 saturated carbocycles. The third kappa shape index (κ3) is 3.83. The first-order valence-corrected chi connectivity index (χ1v) is 7.41. The van der Waals surface area contributed by atoms with Crippen LogP contribution < -0.4 is 10.5 Å². The highest BCUT2D eigenvalue weighted by molar-refractivity contribution is 5.81. The van der Waals surface area contributed by atoms with Crippen LogP contribution in [0.4, 0.5) is 0 Å². The maximum atomic E-state index is 11.4. The van der Waals surface area contributed by atoms with E-state index in [1.807, 2.05) is 13.8 Å². The molecule has 6 nitrogen and oxygen atoms in total. The summed E-state index contributed by atoms with van der Waals surface area (Å²) in [6, 6.07) is 7.48. The predicted molar refractivity (Wildman–Crippen MR) is 84.9 cm³/mol. The molecule has 2 rings (SSSR count). The maximum Gasteiger partial charge on any atom is 0.321 e. The molecule has 23 heavy (non-hydrogen) atoms. The van der Waals surface area contributed by atoms with Gasteiger partial charge in [-0.25, -0.2) is 9.97 Å². The number of nitrogens with two attached hydrogens (primary N) is 1. The zero-order valence-electron chi connectivity index (χ0n) is 13.1. The van der Waals surface area contributed by atoms with Crippen LogP contribution in [0.15, 0.2) is 30.6 Å². The summed E-state index contributed by atoms with van der Waals surface area (Å²) in [6.07, 6.45) is 4.42. The first kappa shape index (κ1) is 16.4. The van der Waals surface area contributed by atoms with Crippen LogP contribution in [0.5, 0.6) is 11.8 Å². The van der Waals surface area contributed by atoms with Gasteiger partial charge in [0, 0.05) is 18.0 Å². The van der Waals surface area contributed by atoms with E-state index in [0.29, 0.717) is 23.3 Å². The average molecular weight is 310 g/mol. The number of hydrogen-bond acceptors (Lipinski definition) is 5. The number of amides is 1. The second kappa shape index (κ2) is 7.36. The second-order valence-corrected chi connectivity index (χ2v) is 5.05. The van der Waals surface area contributed by atoms with Gasteiger partial charge in [0.05, 0.1) is 17.6 Å². The number of carbonyl (C=O) groups excluding carboxylic acids is 1. The van der Waals surface area contributed by atoms with Crippen molar-refractivity contribution in [3.8, 4) is 17.8 Å². The molecule has 1 aromatic carbocycles. The van der Waals surface area contributed by atoms with Crippen LogP contribution in [0.2, 0.25) is 0 Å². The molecule has 2 aromatic rings. The Morgan fingerprint density at radius 2 is 2.04 bits per heavy atom. The van der Waals surface area contributed by atoms with Crippen LogP contribution in [0.3, 0.4) is 0 Å². The number of ether oxygens (including phenoxy) is 1. The summed E-state index contributed by atoms with van der Waals surface area (Å²) < 4.78 is 5.68. The molecule has 2 N–H and O–H groups in total. The molecule has 0 bridgehead atoms. The number of primary amides is 1. The van der Waals surface area contributed by atoms with Gasteiger partial charge < -0.3 is 10.5 Å². The largest absolute Gasteiger partial charge is 0.424 e. The lowest BCUT2D eigenvalue weighted by Crippen LogP contribution is -2.21. The molecule has 1 atom stereocenters. The average Bonchev–Trinajstić information content (AvgIpc) is 2.57. The quantitative estimate of drug-likeness (QED) is 0.883. The Bertz CT molecular complexity index is 735. The fourth-order valence-electron chi connectivity index (χ4n) is 2.28. The molecular weight excluding hydrogens is 292 g/mol. The molecule has 0 aliphatic heterocycles. The molecular formula is C17H18N4O2. The molecule has 0 radical (unpaired) electrons. The Hall–Kier alpha value is -2.94. The lowest BCUT2D eigenvalue weighted by atomic mass is 9.99. The zero-order chi connectivity index (χ0) is 16.8. The predicted octanol–water partition coefficient (Wildman–Crippen LogP) is 2.68. The number of nitriles is 1. The van der Waals surface area contributed by atoms with Gasteiger partial charge in [-0.1, -0.05) is 13.8 Å². The van der Waals surface area contributed by atoms with Crippen LogP contribution in [-0.2, 0) is 11.2 Å². The summed E-state index contributed by atoms with van der Waals surface area (Å²) in [6.45, 7) is 3.86. The minimum Gasteiger partial charge on any atom is -0.424 e. The second-order valence-electron chi connectivity index (χ2n) is 5.05.